The summed E-state index contributed by atoms with van der Waals surface area (Å²) in [5, 5.41) is 0. The lowest BCUT2D eigenvalue weighted by atomic mass is 9.83. The number of carbonyl (C=O) groups excluding carboxylic acids is 2. The lowest BCUT2D eigenvalue weighted by Gasteiger charge is -2.52. The van der Waals surface area contributed by atoms with Gasteiger partial charge in [0.1, 0.15) is 16.9 Å². The monoisotopic (exact) mass is 498 g/mol. The molecule has 2 aliphatic rings. The molecule has 2 fully saturated rings. The van der Waals surface area contributed by atoms with Crippen molar-refractivity contribution in [2.75, 3.05) is 9.80 Å². The summed E-state index contributed by atoms with van der Waals surface area (Å²) in [5.74, 6) is -0.858. The van der Waals surface area contributed by atoms with E-state index in [9.17, 15) is 14.0 Å². The fourth-order valence-corrected chi connectivity index (χ4v) is 6.56. The number of rotatable bonds is 3. The normalized spacial score (nSPS) is 20.1. The van der Waals surface area contributed by atoms with E-state index in [0.717, 1.165) is 50.3 Å². The average Bonchev–Trinajstić information content (AvgIpc) is 3.52. The lowest BCUT2D eigenvalue weighted by Crippen LogP contribution is -2.69. The van der Waals surface area contributed by atoms with E-state index in [-0.39, 0.29) is 23.5 Å². The minimum atomic E-state index is -1.26. The highest BCUT2D eigenvalue weighted by Gasteiger charge is 2.72. The van der Waals surface area contributed by atoms with Crippen molar-refractivity contribution in [3.8, 4) is 0 Å². The predicted molar refractivity (Wildman–Crippen MR) is 147 cm³/mol. The van der Waals surface area contributed by atoms with E-state index in [4.69, 9.17) is 0 Å². The van der Waals surface area contributed by atoms with Gasteiger partial charge in [0.05, 0.1) is 11.4 Å². The van der Waals surface area contributed by atoms with Crippen LogP contribution >= 0.6 is 0 Å². The number of hydrogen-bond donors (Lipinski definition) is 0. The first kappa shape index (κ1) is 25.2. The summed E-state index contributed by atoms with van der Waals surface area (Å²) in [6.07, 6.45) is 0.575. The average molecular weight is 499 g/mol. The maximum Gasteiger partial charge on any atom is 0.244 e. The lowest BCUT2D eigenvalue weighted by molar-refractivity contribution is -0.142. The molecule has 1 heterocycles. The Morgan fingerprint density at radius 3 is 1.46 bits per heavy atom. The van der Waals surface area contributed by atoms with Crippen molar-refractivity contribution in [1.29, 1.82) is 0 Å². The molecule has 0 aromatic heterocycles. The highest BCUT2D eigenvalue weighted by atomic mass is 19.1. The molecule has 1 spiro atoms. The molecular weight excluding hydrogens is 463 g/mol. The van der Waals surface area contributed by atoms with Gasteiger partial charge in [-0.05, 0) is 95.3 Å². The summed E-state index contributed by atoms with van der Waals surface area (Å²) >= 11 is 0. The van der Waals surface area contributed by atoms with Crippen LogP contribution < -0.4 is 9.80 Å². The first-order valence-corrected chi connectivity index (χ1v) is 12.9. The standard InChI is InChI=1S/C32H35FN2O2/c1-18-13-20(3)27(21(4)14-18)34-29(36)31(7,8)30(37)35(28-22(5)15-19(2)16-23(28)6)32(34)17-26(32)24-9-11-25(33)12-10-24/h9-16,26H,17H2,1-8H3. The van der Waals surface area contributed by atoms with Gasteiger partial charge in [0, 0.05) is 12.3 Å². The minimum absolute atomic E-state index is 0.155. The van der Waals surface area contributed by atoms with Crippen molar-refractivity contribution in [2.45, 2.75) is 73.4 Å². The number of aryl methyl sites for hydroxylation is 6. The second-order valence-corrected chi connectivity index (χ2v) is 11.6. The van der Waals surface area contributed by atoms with E-state index in [1.54, 1.807) is 26.0 Å². The molecule has 2 amide bonds. The summed E-state index contributed by atoms with van der Waals surface area (Å²) in [6, 6.07) is 14.8. The van der Waals surface area contributed by atoms with Gasteiger partial charge >= 0.3 is 0 Å². The molecule has 1 aliphatic carbocycles. The molecule has 0 radical (unpaired) electrons. The van der Waals surface area contributed by atoms with Crippen LogP contribution in [0, 0.1) is 52.8 Å². The van der Waals surface area contributed by atoms with Crippen molar-refractivity contribution < 1.29 is 14.0 Å². The molecule has 4 nitrogen and oxygen atoms in total. The quantitative estimate of drug-likeness (QED) is 0.366. The number of hydrogen-bond acceptors (Lipinski definition) is 2. The van der Waals surface area contributed by atoms with Crippen molar-refractivity contribution in [1.82, 2.24) is 0 Å². The Morgan fingerprint density at radius 2 is 1.08 bits per heavy atom. The van der Waals surface area contributed by atoms with Gasteiger partial charge in [0.25, 0.3) is 0 Å². The summed E-state index contributed by atoms with van der Waals surface area (Å²) < 4.78 is 13.9. The van der Waals surface area contributed by atoms with Gasteiger partial charge < -0.3 is 0 Å². The van der Waals surface area contributed by atoms with Crippen LogP contribution in [-0.2, 0) is 9.59 Å². The van der Waals surface area contributed by atoms with E-state index in [1.807, 2.05) is 37.5 Å². The Morgan fingerprint density at radius 1 is 0.703 bits per heavy atom. The molecule has 5 heteroatoms. The first-order valence-electron chi connectivity index (χ1n) is 12.9. The van der Waals surface area contributed by atoms with Gasteiger partial charge in [-0.2, -0.15) is 0 Å². The number of carbonyl (C=O) groups is 2. The van der Waals surface area contributed by atoms with Crippen LogP contribution in [0.25, 0.3) is 0 Å². The third-order valence-electron chi connectivity index (χ3n) is 8.14. The smallest absolute Gasteiger partial charge is 0.244 e. The van der Waals surface area contributed by atoms with Crippen LogP contribution in [-0.4, -0.2) is 17.5 Å². The van der Waals surface area contributed by atoms with Crippen molar-refractivity contribution >= 4 is 23.2 Å². The molecule has 0 bridgehead atoms. The van der Waals surface area contributed by atoms with Gasteiger partial charge in [-0.1, -0.05) is 47.5 Å². The molecular formula is C32H35FN2O2. The summed E-state index contributed by atoms with van der Waals surface area (Å²) in [6.45, 7) is 15.7. The van der Waals surface area contributed by atoms with Gasteiger partial charge in [-0.3, -0.25) is 19.4 Å². The Kier molecular flexibility index (Phi) is 5.63. The second-order valence-electron chi connectivity index (χ2n) is 11.6. The molecule has 3 aromatic carbocycles. The van der Waals surface area contributed by atoms with Gasteiger partial charge in [0.2, 0.25) is 11.8 Å². The summed E-state index contributed by atoms with van der Waals surface area (Å²) in [4.78, 5) is 32.5. The number of benzene rings is 3. The number of halogens is 1. The largest absolute Gasteiger partial charge is 0.286 e. The fourth-order valence-electron chi connectivity index (χ4n) is 6.56. The molecule has 1 saturated carbocycles. The minimum Gasteiger partial charge on any atom is -0.286 e. The van der Waals surface area contributed by atoms with Crippen LogP contribution in [0.2, 0.25) is 0 Å². The zero-order valence-corrected chi connectivity index (χ0v) is 23.0. The fraction of sp³-hybridized carbons (Fsp3) is 0.375. The molecule has 3 aromatic rings. The molecule has 1 atom stereocenters. The van der Waals surface area contributed by atoms with Crippen molar-refractivity contribution in [2.24, 2.45) is 5.41 Å². The highest BCUT2D eigenvalue weighted by Crippen LogP contribution is 2.64. The molecule has 1 aliphatic heterocycles. The molecule has 1 saturated heterocycles. The molecule has 37 heavy (non-hydrogen) atoms. The van der Waals surface area contributed by atoms with E-state index in [2.05, 4.69) is 38.1 Å². The Bertz CT molecular complexity index is 1330. The van der Waals surface area contributed by atoms with Crippen LogP contribution in [0.1, 0.15) is 65.1 Å². The molecule has 5 rings (SSSR count). The summed E-state index contributed by atoms with van der Waals surface area (Å²) in [5.41, 5.74) is 6.69. The second kappa shape index (κ2) is 8.27. The van der Waals surface area contributed by atoms with E-state index in [1.165, 1.54) is 12.1 Å². The number of amides is 2. The van der Waals surface area contributed by atoms with E-state index >= 15 is 0 Å². The maximum atomic E-state index is 14.4. The number of anilines is 2. The van der Waals surface area contributed by atoms with Crippen LogP contribution in [0.5, 0.6) is 0 Å². The van der Waals surface area contributed by atoms with Crippen molar-refractivity contribution in [3.05, 3.63) is 93.3 Å². The SMILES string of the molecule is Cc1cc(C)c(N2C(=O)C(C)(C)C(=O)N(c3c(C)cc(C)cc3C)C23CC3c2ccc(F)cc2)c(C)c1. The third kappa shape index (κ3) is 3.62. The van der Waals surface area contributed by atoms with E-state index in [0.29, 0.717) is 6.42 Å². The Hall–Kier alpha value is -3.47. The molecule has 192 valence electrons. The zero-order valence-electron chi connectivity index (χ0n) is 23.0. The third-order valence-corrected chi connectivity index (χ3v) is 8.14. The maximum absolute atomic E-state index is 14.4. The Balaban J connectivity index is 1.84. The number of nitrogens with zero attached hydrogens (tertiary/aromatic N) is 2. The van der Waals surface area contributed by atoms with Crippen LogP contribution in [0.15, 0.2) is 48.5 Å². The predicted octanol–water partition coefficient (Wildman–Crippen LogP) is 6.97. The van der Waals surface area contributed by atoms with Crippen LogP contribution in [0.3, 0.4) is 0 Å². The van der Waals surface area contributed by atoms with Gasteiger partial charge in [-0.15, -0.1) is 0 Å². The molecule has 1 unspecified atom stereocenters. The molecule has 0 N–H and O–H groups in total. The zero-order chi connectivity index (χ0) is 27.0. The summed E-state index contributed by atoms with van der Waals surface area (Å²) in [7, 11) is 0. The van der Waals surface area contributed by atoms with Gasteiger partial charge in [0.15, 0.2) is 0 Å². The highest BCUT2D eigenvalue weighted by molar-refractivity contribution is 6.22. The van der Waals surface area contributed by atoms with Crippen molar-refractivity contribution in [3.63, 3.8) is 0 Å². The van der Waals surface area contributed by atoms with Gasteiger partial charge in [-0.25, -0.2) is 4.39 Å². The Labute approximate surface area is 219 Å². The van der Waals surface area contributed by atoms with Crippen LogP contribution in [0.4, 0.5) is 15.8 Å². The first-order chi connectivity index (χ1) is 17.3. The topological polar surface area (TPSA) is 40.6 Å². The van der Waals surface area contributed by atoms with E-state index < -0.39 is 11.1 Å².